The maximum absolute atomic E-state index is 11.0. The molecule has 0 bridgehead atoms. The molecule has 0 aliphatic rings. The zero-order valence-electron chi connectivity index (χ0n) is 8.48. The van der Waals surface area contributed by atoms with Gasteiger partial charge in [0.15, 0.2) is 0 Å². The molecule has 2 atom stereocenters. The Balaban J connectivity index is 5.72. The highest BCUT2D eigenvalue weighted by Gasteiger charge is 2.50. The van der Waals surface area contributed by atoms with Crippen molar-refractivity contribution < 1.29 is 44.1 Å². The third kappa shape index (κ3) is 3.02. The Kier molecular flexibility index (Phi) is 4.41. The smallest absolute Gasteiger partial charge is 0.337 e. The summed E-state index contributed by atoms with van der Waals surface area (Å²) < 4.78 is 11.0. The van der Waals surface area contributed by atoms with Crippen LogP contribution in [0.25, 0.3) is 0 Å². The van der Waals surface area contributed by atoms with Crippen molar-refractivity contribution in [2.24, 2.45) is 5.92 Å². The number of carbonyl (C=O) groups excluding carboxylic acids is 3. The first-order valence-electron chi connectivity index (χ1n) is 4.12. The van der Waals surface area contributed by atoms with Gasteiger partial charge in [0.2, 0.25) is 0 Å². The average Bonchev–Trinajstić information content (AvgIpc) is 2.09. The predicted molar refractivity (Wildman–Crippen MR) is 43.6 cm³/mol. The molecule has 0 saturated heterocycles. The number of carbonyl (C=O) groups is 3. The quantitative estimate of drug-likeness (QED) is 0.446. The summed E-state index contributed by atoms with van der Waals surface area (Å²) in [6, 6.07) is 0. The topological polar surface area (TPSA) is 178 Å². The summed E-state index contributed by atoms with van der Waals surface area (Å²) in [5, 5.41) is 28.3. The van der Waals surface area contributed by atoms with E-state index in [9.17, 15) is 34.3 Å². The van der Waals surface area contributed by atoms with Gasteiger partial charge in [-0.15, -0.1) is 0 Å². The number of rotatable bonds is 6. The summed E-state index contributed by atoms with van der Waals surface area (Å²) in [6.07, 6.45) is -1.42. The van der Waals surface area contributed by atoms with Gasteiger partial charge in [0, 0.05) is 17.9 Å². The van der Waals surface area contributed by atoms with Crippen molar-refractivity contribution in [3.63, 3.8) is 0 Å². The lowest BCUT2D eigenvalue weighted by molar-refractivity contribution is -0.329. The SMILES string of the molecule is CC(C(=O)[O-])(C(CC(=O)[O-])C(=O)[O-])P(=O)(O)O. The number of carboxylic acid groups (broad SMARTS) is 3. The molecule has 0 aliphatic heterocycles. The number of hydrogen-bond acceptors (Lipinski definition) is 7. The Hall–Kier alpha value is -1.44. The minimum Gasteiger partial charge on any atom is -0.550 e. The average molecular weight is 267 g/mol. The molecule has 0 heterocycles. The van der Waals surface area contributed by atoms with E-state index in [0.717, 1.165) is 0 Å². The lowest BCUT2D eigenvalue weighted by atomic mass is 9.90. The third-order valence-electron chi connectivity index (χ3n) is 2.35. The number of aliphatic carboxylic acids is 3. The molecule has 0 aliphatic carbocycles. The van der Waals surface area contributed by atoms with Crippen LogP contribution in [-0.2, 0) is 18.9 Å². The molecule has 9 nitrogen and oxygen atoms in total. The van der Waals surface area contributed by atoms with E-state index in [1.165, 1.54) is 0 Å². The van der Waals surface area contributed by atoms with Gasteiger partial charge in [-0.3, -0.25) is 4.57 Å². The van der Waals surface area contributed by atoms with Gasteiger partial charge in [0.25, 0.3) is 0 Å². The fraction of sp³-hybridized carbons (Fsp3) is 0.571. The molecular formula is C7H8O9P-3. The highest BCUT2D eigenvalue weighted by atomic mass is 31.2. The largest absolute Gasteiger partial charge is 0.550 e. The zero-order valence-corrected chi connectivity index (χ0v) is 9.38. The molecular weight excluding hydrogens is 259 g/mol. The summed E-state index contributed by atoms with van der Waals surface area (Å²) in [6.45, 7) is 0.381. The molecule has 10 heteroatoms. The van der Waals surface area contributed by atoms with Gasteiger partial charge in [-0.25, -0.2) is 0 Å². The Morgan fingerprint density at radius 1 is 1.24 bits per heavy atom. The van der Waals surface area contributed by atoms with Crippen LogP contribution < -0.4 is 15.3 Å². The maximum atomic E-state index is 11.0. The Labute approximate surface area is 94.8 Å². The van der Waals surface area contributed by atoms with E-state index in [1.54, 1.807) is 0 Å². The van der Waals surface area contributed by atoms with Crippen molar-refractivity contribution >= 4 is 25.5 Å². The highest BCUT2D eigenvalue weighted by molar-refractivity contribution is 7.54. The van der Waals surface area contributed by atoms with E-state index < -0.39 is 43.0 Å². The van der Waals surface area contributed by atoms with Crippen LogP contribution in [0.15, 0.2) is 0 Å². The van der Waals surface area contributed by atoms with Gasteiger partial charge in [-0.2, -0.15) is 0 Å². The summed E-state index contributed by atoms with van der Waals surface area (Å²) in [5.74, 6) is -9.08. The Bertz CT molecular complexity index is 396. The van der Waals surface area contributed by atoms with E-state index in [2.05, 4.69) is 0 Å². The van der Waals surface area contributed by atoms with Gasteiger partial charge in [-0.1, -0.05) is 0 Å². The molecule has 17 heavy (non-hydrogen) atoms. The van der Waals surface area contributed by atoms with Crippen LogP contribution in [0, 0.1) is 5.92 Å². The molecule has 0 aromatic heterocycles. The summed E-state index contributed by atoms with van der Waals surface area (Å²) in [4.78, 5) is 49.2. The normalized spacial score (nSPS) is 16.9. The molecule has 0 aromatic rings. The summed E-state index contributed by atoms with van der Waals surface area (Å²) in [7, 11) is -5.48. The van der Waals surface area contributed by atoms with Crippen LogP contribution >= 0.6 is 7.60 Å². The molecule has 0 aromatic carbocycles. The first-order valence-corrected chi connectivity index (χ1v) is 5.73. The van der Waals surface area contributed by atoms with Crippen molar-refractivity contribution in [3.05, 3.63) is 0 Å². The fourth-order valence-electron chi connectivity index (χ4n) is 1.14. The molecule has 0 saturated carbocycles. The van der Waals surface area contributed by atoms with Crippen molar-refractivity contribution in [3.8, 4) is 0 Å². The van der Waals surface area contributed by atoms with Crippen LogP contribution in [0.5, 0.6) is 0 Å². The molecule has 2 unspecified atom stereocenters. The standard InChI is InChI=1S/C7H11O9P/c1-7(6(12)13,17(14,15)16)3(5(10)11)2-4(8)9/h3H,2H2,1H3,(H,8,9)(H,10,11)(H,12,13)(H2,14,15,16)/p-3. The molecule has 0 amide bonds. The second kappa shape index (κ2) is 4.82. The van der Waals surface area contributed by atoms with Crippen LogP contribution in [0.3, 0.4) is 0 Å². The van der Waals surface area contributed by atoms with E-state index >= 15 is 0 Å². The zero-order chi connectivity index (χ0) is 14.0. The van der Waals surface area contributed by atoms with E-state index in [0.29, 0.717) is 6.92 Å². The number of carboxylic acids is 3. The lowest BCUT2D eigenvalue weighted by Crippen LogP contribution is -2.57. The second-order valence-corrected chi connectivity index (χ2v) is 5.44. The van der Waals surface area contributed by atoms with Crippen molar-refractivity contribution in [1.29, 1.82) is 0 Å². The van der Waals surface area contributed by atoms with E-state index in [4.69, 9.17) is 9.79 Å². The van der Waals surface area contributed by atoms with Crippen molar-refractivity contribution in [2.45, 2.75) is 18.5 Å². The van der Waals surface area contributed by atoms with Crippen LogP contribution in [-0.4, -0.2) is 32.9 Å². The van der Waals surface area contributed by atoms with Gasteiger partial charge in [0.1, 0.15) is 5.16 Å². The molecule has 0 fully saturated rings. The minimum atomic E-state index is -5.48. The van der Waals surface area contributed by atoms with Crippen LogP contribution in [0.2, 0.25) is 0 Å². The first-order chi connectivity index (χ1) is 7.44. The van der Waals surface area contributed by atoms with Gasteiger partial charge in [0.05, 0.1) is 5.97 Å². The highest BCUT2D eigenvalue weighted by Crippen LogP contribution is 2.54. The van der Waals surface area contributed by atoms with E-state index in [-0.39, 0.29) is 0 Å². The second-order valence-electron chi connectivity index (χ2n) is 3.43. The van der Waals surface area contributed by atoms with Gasteiger partial charge in [-0.05, 0) is 13.3 Å². The third-order valence-corrected chi connectivity index (χ3v) is 4.06. The maximum Gasteiger partial charge on any atom is 0.337 e. The van der Waals surface area contributed by atoms with Gasteiger partial charge < -0.3 is 39.5 Å². The monoisotopic (exact) mass is 267 g/mol. The predicted octanol–water partition coefficient (Wildman–Crippen LogP) is -4.82. The molecule has 98 valence electrons. The molecule has 0 rings (SSSR count). The molecule has 0 radical (unpaired) electrons. The summed E-state index contributed by atoms with van der Waals surface area (Å²) >= 11 is 0. The fourth-order valence-corrected chi connectivity index (χ4v) is 1.98. The first kappa shape index (κ1) is 15.6. The van der Waals surface area contributed by atoms with E-state index in [1.807, 2.05) is 0 Å². The van der Waals surface area contributed by atoms with Crippen LogP contribution in [0.1, 0.15) is 13.3 Å². The van der Waals surface area contributed by atoms with Crippen molar-refractivity contribution in [1.82, 2.24) is 0 Å². The minimum absolute atomic E-state index is 0.381. The Morgan fingerprint density at radius 2 is 1.65 bits per heavy atom. The lowest BCUT2D eigenvalue weighted by Gasteiger charge is -2.39. The Morgan fingerprint density at radius 3 is 1.82 bits per heavy atom. The van der Waals surface area contributed by atoms with Gasteiger partial charge >= 0.3 is 7.60 Å². The summed E-state index contributed by atoms with van der Waals surface area (Å²) in [5.41, 5.74) is 0. The molecule has 2 N–H and O–H groups in total. The number of hydrogen-bond donors (Lipinski definition) is 2. The van der Waals surface area contributed by atoms with Crippen molar-refractivity contribution in [2.75, 3.05) is 0 Å². The van der Waals surface area contributed by atoms with Crippen LogP contribution in [0.4, 0.5) is 0 Å². The molecule has 0 spiro atoms.